The van der Waals surface area contributed by atoms with E-state index in [0.29, 0.717) is 23.0 Å². The molecule has 2 fully saturated rings. The lowest BCUT2D eigenvalue weighted by molar-refractivity contribution is 0.0977. The highest BCUT2D eigenvalue weighted by Crippen LogP contribution is 2.40. The molecular weight excluding hydrogens is 693 g/mol. The van der Waals surface area contributed by atoms with Gasteiger partial charge in [-0.3, -0.25) is 19.2 Å². The number of rotatable bonds is 14. The molecule has 4 aromatic rings. The molecule has 292 valence electrons. The van der Waals surface area contributed by atoms with Crippen molar-refractivity contribution in [1.29, 1.82) is 0 Å². The Morgan fingerprint density at radius 1 is 0.500 bits per heavy atom. The van der Waals surface area contributed by atoms with Crippen molar-refractivity contribution >= 4 is 34.8 Å². The Labute approximate surface area is 333 Å². The number of anilines is 2. The van der Waals surface area contributed by atoms with E-state index in [9.17, 15) is 19.2 Å². The number of benzene rings is 4. The van der Waals surface area contributed by atoms with Crippen LogP contribution in [0.5, 0.6) is 0 Å². The molecule has 0 spiro atoms. The number of ketones is 2. The minimum Gasteiger partial charge on any atom is -0.321 e. The van der Waals surface area contributed by atoms with Crippen molar-refractivity contribution in [3.8, 4) is 0 Å². The summed E-state index contributed by atoms with van der Waals surface area (Å²) in [5.74, 6) is 1.23. The first kappa shape index (κ1) is 39.4. The molecule has 56 heavy (non-hydrogen) atoms. The molecule has 2 N–H and O–H groups in total. The lowest BCUT2D eigenvalue weighted by Crippen LogP contribution is -2.26. The molecule has 6 heteroatoms. The van der Waals surface area contributed by atoms with Gasteiger partial charge in [-0.15, -0.1) is 0 Å². The average molecular weight is 751 g/mol. The van der Waals surface area contributed by atoms with Crippen LogP contribution in [0.1, 0.15) is 192 Å². The fourth-order valence-corrected chi connectivity index (χ4v) is 9.57. The van der Waals surface area contributed by atoms with Crippen molar-refractivity contribution in [2.24, 2.45) is 11.8 Å². The number of amides is 2. The molecule has 0 radical (unpaired) electrons. The van der Waals surface area contributed by atoms with Gasteiger partial charge in [-0.05, 0) is 123 Å². The zero-order valence-corrected chi connectivity index (χ0v) is 33.3. The molecule has 6 nitrogen and oxygen atoms in total. The van der Waals surface area contributed by atoms with E-state index < -0.39 is 0 Å². The van der Waals surface area contributed by atoms with Gasteiger partial charge in [0.2, 0.25) is 0 Å². The quantitative estimate of drug-likeness (QED) is 0.111. The van der Waals surface area contributed by atoms with Crippen LogP contribution in [0, 0.1) is 11.8 Å². The van der Waals surface area contributed by atoms with E-state index in [1.807, 2.05) is 24.3 Å². The number of nitrogens with one attached hydrogen (secondary N) is 2. The van der Waals surface area contributed by atoms with Gasteiger partial charge in [-0.1, -0.05) is 114 Å². The maximum absolute atomic E-state index is 14.1. The predicted octanol–water partition coefficient (Wildman–Crippen LogP) is 12.7. The SMILES string of the molecule is CCCCCC1CCC(c2ccc(C(=O)Nc3ccc(NC(=O)c4ccc(C5CCC(CCCCC)CC5)cc4)c4c3C(=O)c3ccccc3C4=O)cc2)CC1. The number of carbonyl (C=O) groups excluding carboxylic acids is 4. The van der Waals surface area contributed by atoms with Crippen LogP contribution in [0.2, 0.25) is 0 Å². The summed E-state index contributed by atoms with van der Waals surface area (Å²) in [6, 6.07) is 25.6. The summed E-state index contributed by atoms with van der Waals surface area (Å²) in [5, 5.41) is 5.87. The normalized spacial score (nSPS) is 20.5. The van der Waals surface area contributed by atoms with E-state index in [1.54, 1.807) is 36.4 Å². The average Bonchev–Trinajstić information content (AvgIpc) is 3.24. The summed E-state index contributed by atoms with van der Waals surface area (Å²) in [6.07, 6.45) is 20.3. The summed E-state index contributed by atoms with van der Waals surface area (Å²) < 4.78 is 0. The number of carbonyl (C=O) groups is 4. The van der Waals surface area contributed by atoms with Gasteiger partial charge in [0.1, 0.15) is 0 Å². The predicted molar refractivity (Wildman–Crippen MR) is 226 cm³/mol. The van der Waals surface area contributed by atoms with E-state index in [-0.39, 0.29) is 57.0 Å². The highest BCUT2D eigenvalue weighted by Gasteiger charge is 2.35. The second kappa shape index (κ2) is 18.4. The molecule has 2 saturated carbocycles. The Morgan fingerprint density at radius 3 is 1.23 bits per heavy atom. The zero-order chi connectivity index (χ0) is 39.0. The van der Waals surface area contributed by atoms with Gasteiger partial charge in [0, 0.05) is 22.3 Å². The minimum absolute atomic E-state index is 0.0906. The number of unbranched alkanes of at least 4 members (excludes halogenated alkanes) is 4. The van der Waals surface area contributed by atoms with Gasteiger partial charge in [0.25, 0.3) is 11.8 Å². The van der Waals surface area contributed by atoms with Crippen molar-refractivity contribution in [2.75, 3.05) is 10.6 Å². The Bertz CT molecular complexity index is 1870. The number of fused-ring (bicyclic) bond motifs is 2. The second-order valence-electron chi connectivity index (χ2n) is 16.7. The fourth-order valence-electron chi connectivity index (χ4n) is 9.57. The van der Waals surface area contributed by atoms with Crippen molar-refractivity contribution < 1.29 is 19.2 Å². The number of hydrogen-bond donors (Lipinski definition) is 2. The lowest BCUT2D eigenvalue weighted by atomic mass is 9.77. The summed E-state index contributed by atoms with van der Waals surface area (Å²) >= 11 is 0. The summed E-state index contributed by atoms with van der Waals surface area (Å²) in [7, 11) is 0. The van der Waals surface area contributed by atoms with Gasteiger partial charge in [0.15, 0.2) is 11.6 Å². The standard InChI is InChI=1S/C50H58N2O4/c1-3-5-7-11-33-15-19-35(20-16-33)37-23-27-39(28-24-37)49(55)51-43-31-32-44(46-45(43)47(53)41-13-9-10-14-42(41)48(46)54)52-50(56)40-29-25-38(26-30-40)36-21-17-34(18-22-36)12-8-6-4-2/h9-10,13-14,23-36H,3-8,11-12,15-22H2,1-2H3,(H,51,55)(H,52,56). The summed E-state index contributed by atoms with van der Waals surface area (Å²) in [5.41, 5.74) is 4.70. The van der Waals surface area contributed by atoms with E-state index >= 15 is 0 Å². The Morgan fingerprint density at radius 2 is 0.875 bits per heavy atom. The Kier molecular flexibility index (Phi) is 12.9. The summed E-state index contributed by atoms with van der Waals surface area (Å²) in [6.45, 7) is 4.51. The van der Waals surface area contributed by atoms with Crippen molar-refractivity contribution in [2.45, 2.75) is 128 Å². The van der Waals surface area contributed by atoms with Crippen LogP contribution in [0.15, 0.2) is 84.9 Å². The van der Waals surface area contributed by atoms with Gasteiger partial charge in [0.05, 0.1) is 22.5 Å². The molecule has 3 aliphatic carbocycles. The van der Waals surface area contributed by atoms with Crippen molar-refractivity contribution in [3.05, 3.63) is 129 Å². The molecule has 2 amide bonds. The smallest absolute Gasteiger partial charge is 0.255 e. The van der Waals surface area contributed by atoms with E-state index in [2.05, 4.69) is 48.7 Å². The second-order valence-corrected chi connectivity index (χ2v) is 16.7. The lowest BCUT2D eigenvalue weighted by Gasteiger charge is -2.29. The zero-order valence-electron chi connectivity index (χ0n) is 33.3. The molecule has 0 aliphatic heterocycles. The maximum Gasteiger partial charge on any atom is 0.255 e. The highest BCUT2D eigenvalue weighted by atomic mass is 16.2. The Balaban J connectivity index is 1.05. The molecule has 0 heterocycles. The van der Waals surface area contributed by atoms with Crippen LogP contribution in [0.3, 0.4) is 0 Å². The maximum atomic E-state index is 14.1. The Hall–Kier alpha value is -4.84. The van der Waals surface area contributed by atoms with Crippen LogP contribution in [0.4, 0.5) is 11.4 Å². The van der Waals surface area contributed by atoms with Crippen LogP contribution in [-0.2, 0) is 0 Å². The fraction of sp³-hybridized carbons (Fsp3) is 0.440. The van der Waals surface area contributed by atoms with Gasteiger partial charge < -0.3 is 10.6 Å². The van der Waals surface area contributed by atoms with E-state index in [0.717, 1.165) is 11.8 Å². The van der Waals surface area contributed by atoms with Gasteiger partial charge in [-0.2, -0.15) is 0 Å². The van der Waals surface area contributed by atoms with Gasteiger partial charge in [-0.25, -0.2) is 0 Å². The first-order valence-electron chi connectivity index (χ1n) is 21.5. The van der Waals surface area contributed by atoms with Crippen molar-refractivity contribution in [3.63, 3.8) is 0 Å². The van der Waals surface area contributed by atoms with Crippen LogP contribution in [-0.4, -0.2) is 23.4 Å². The first-order chi connectivity index (χ1) is 27.3. The molecule has 3 aliphatic rings. The van der Waals surface area contributed by atoms with Crippen LogP contribution in [0.25, 0.3) is 0 Å². The van der Waals surface area contributed by atoms with Crippen molar-refractivity contribution in [1.82, 2.24) is 0 Å². The minimum atomic E-state index is -0.369. The third-order valence-electron chi connectivity index (χ3n) is 13.0. The largest absolute Gasteiger partial charge is 0.321 e. The first-order valence-corrected chi connectivity index (χ1v) is 21.5. The molecule has 4 aromatic carbocycles. The highest BCUT2D eigenvalue weighted by molar-refractivity contribution is 6.33. The molecule has 0 bridgehead atoms. The molecule has 0 saturated heterocycles. The van der Waals surface area contributed by atoms with Gasteiger partial charge >= 0.3 is 0 Å². The monoisotopic (exact) mass is 750 g/mol. The number of hydrogen-bond acceptors (Lipinski definition) is 4. The van der Waals surface area contributed by atoms with Crippen LogP contribution >= 0.6 is 0 Å². The molecular formula is C50H58N2O4. The van der Waals surface area contributed by atoms with E-state index in [1.165, 1.54) is 114 Å². The van der Waals surface area contributed by atoms with Crippen LogP contribution < -0.4 is 10.6 Å². The summed E-state index contributed by atoms with van der Waals surface area (Å²) in [4.78, 5) is 55.5. The molecule has 0 unspecified atom stereocenters. The topological polar surface area (TPSA) is 92.3 Å². The third kappa shape index (κ3) is 8.90. The third-order valence-corrected chi connectivity index (χ3v) is 13.0. The molecule has 7 rings (SSSR count). The van der Waals surface area contributed by atoms with E-state index in [4.69, 9.17) is 0 Å². The molecule has 0 aromatic heterocycles. The molecule has 0 atom stereocenters.